The van der Waals surface area contributed by atoms with E-state index in [4.69, 9.17) is 0 Å². The van der Waals surface area contributed by atoms with Gasteiger partial charge in [0.15, 0.2) is 0 Å². The van der Waals surface area contributed by atoms with Crippen LogP contribution in [0.15, 0.2) is 42.5 Å². The van der Waals surface area contributed by atoms with Crippen molar-refractivity contribution in [1.82, 2.24) is 0 Å². The molecule has 2 aromatic rings. The number of rotatable bonds is 6. The van der Waals surface area contributed by atoms with Gasteiger partial charge in [0.1, 0.15) is 17.3 Å². The lowest BCUT2D eigenvalue weighted by Gasteiger charge is -2.22. The average Bonchev–Trinajstić information content (AvgIpc) is 2.56. The van der Waals surface area contributed by atoms with E-state index in [0.29, 0.717) is 11.4 Å². The lowest BCUT2D eigenvalue weighted by atomic mass is 10.2. The number of hydrogen-bond acceptors (Lipinski definition) is 3. The molecule has 0 radical (unpaired) electrons. The third-order valence-electron chi connectivity index (χ3n) is 3.62. The number of hydrogen-bond donors (Lipinski definition) is 2. The van der Waals surface area contributed by atoms with Gasteiger partial charge >= 0.3 is 0 Å². The minimum atomic E-state index is -0.881. The zero-order valence-corrected chi connectivity index (χ0v) is 14.9. The molecule has 0 aliphatic heterocycles. The van der Waals surface area contributed by atoms with E-state index in [-0.39, 0.29) is 18.9 Å². The van der Waals surface area contributed by atoms with Gasteiger partial charge in [-0.05, 0) is 30.3 Å². The summed E-state index contributed by atoms with van der Waals surface area (Å²) >= 11 is 0. The number of nitrogens with zero attached hydrogens (tertiary/aromatic N) is 1. The topological polar surface area (TPSA) is 78.5 Å². The van der Waals surface area contributed by atoms with Gasteiger partial charge in [0, 0.05) is 38.2 Å². The van der Waals surface area contributed by atoms with Crippen LogP contribution < -0.4 is 15.5 Å². The van der Waals surface area contributed by atoms with Crippen molar-refractivity contribution >= 4 is 34.8 Å². The van der Waals surface area contributed by atoms with Gasteiger partial charge in [0.25, 0.3) is 0 Å². The molecule has 0 atom stereocenters. The fourth-order valence-corrected chi connectivity index (χ4v) is 2.49. The zero-order chi connectivity index (χ0) is 20.0. The maximum atomic E-state index is 13.9. The molecule has 3 amide bonds. The molecule has 0 saturated carbocycles. The quantitative estimate of drug-likeness (QED) is 0.813. The summed E-state index contributed by atoms with van der Waals surface area (Å²) in [7, 11) is 0. The minimum absolute atomic E-state index is 0.169. The number of anilines is 3. The second-order valence-electron chi connectivity index (χ2n) is 5.80. The van der Waals surface area contributed by atoms with Crippen LogP contribution in [0.2, 0.25) is 0 Å². The molecule has 6 nitrogen and oxygen atoms in total. The SMILES string of the molecule is CC(=O)Nc1cccc(NC(=O)CCN(C(C)=O)c2c(F)cccc2F)c1. The second-order valence-corrected chi connectivity index (χ2v) is 5.80. The van der Waals surface area contributed by atoms with Crippen molar-refractivity contribution < 1.29 is 23.2 Å². The van der Waals surface area contributed by atoms with E-state index in [2.05, 4.69) is 10.6 Å². The van der Waals surface area contributed by atoms with E-state index in [1.807, 2.05) is 0 Å². The molecule has 2 rings (SSSR count). The first-order valence-electron chi connectivity index (χ1n) is 8.17. The van der Waals surface area contributed by atoms with E-state index in [0.717, 1.165) is 17.0 Å². The Morgan fingerprint density at radius 3 is 2.04 bits per heavy atom. The third kappa shape index (κ3) is 5.60. The monoisotopic (exact) mass is 375 g/mol. The summed E-state index contributed by atoms with van der Waals surface area (Å²) in [5.41, 5.74) is 0.474. The predicted molar refractivity (Wildman–Crippen MR) is 98.4 cm³/mol. The summed E-state index contributed by atoms with van der Waals surface area (Å²) in [6, 6.07) is 9.79. The van der Waals surface area contributed by atoms with Crippen LogP contribution in [0, 0.1) is 11.6 Å². The fourth-order valence-electron chi connectivity index (χ4n) is 2.49. The highest BCUT2D eigenvalue weighted by Gasteiger charge is 2.20. The Labute approximate surface area is 155 Å². The molecule has 142 valence electrons. The molecule has 0 fully saturated rings. The third-order valence-corrected chi connectivity index (χ3v) is 3.62. The Morgan fingerprint density at radius 2 is 1.48 bits per heavy atom. The van der Waals surface area contributed by atoms with E-state index in [1.165, 1.54) is 19.9 Å². The summed E-state index contributed by atoms with van der Waals surface area (Å²) in [5.74, 6) is -3.04. The number of nitrogens with one attached hydrogen (secondary N) is 2. The molecular formula is C19H19F2N3O3. The zero-order valence-electron chi connectivity index (χ0n) is 14.9. The number of benzene rings is 2. The number of para-hydroxylation sites is 1. The van der Waals surface area contributed by atoms with Crippen LogP contribution >= 0.6 is 0 Å². The number of carbonyl (C=O) groups is 3. The lowest BCUT2D eigenvalue weighted by Crippen LogP contribution is -2.33. The van der Waals surface area contributed by atoms with Gasteiger partial charge in [0.2, 0.25) is 17.7 Å². The molecule has 2 N–H and O–H groups in total. The normalized spacial score (nSPS) is 10.2. The number of carbonyl (C=O) groups excluding carboxylic acids is 3. The molecule has 0 aromatic heterocycles. The van der Waals surface area contributed by atoms with Crippen LogP contribution in [0.4, 0.5) is 25.8 Å². The Morgan fingerprint density at radius 1 is 0.926 bits per heavy atom. The Hall–Kier alpha value is -3.29. The van der Waals surface area contributed by atoms with Crippen molar-refractivity contribution in [2.24, 2.45) is 0 Å². The largest absolute Gasteiger partial charge is 0.326 e. The van der Waals surface area contributed by atoms with Crippen LogP contribution in [0.5, 0.6) is 0 Å². The maximum Gasteiger partial charge on any atom is 0.226 e. The van der Waals surface area contributed by atoms with Crippen LogP contribution in [-0.2, 0) is 14.4 Å². The molecule has 2 aromatic carbocycles. The maximum absolute atomic E-state index is 13.9. The molecule has 0 heterocycles. The molecule has 0 bridgehead atoms. The van der Waals surface area contributed by atoms with Gasteiger partial charge in [-0.2, -0.15) is 0 Å². The molecule has 0 aliphatic rings. The highest BCUT2D eigenvalue weighted by molar-refractivity contribution is 5.95. The van der Waals surface area contributed by atoms with E-state index < -0.39 is 29.1 Å². The van der Waals surface area contributed by atoms with Crippen LogP contribution in [0.1, 0.15) is 20.3 Å². The van der Waals surface area contributed by atoms with E-state index >= 15 is 0 Å². The summed E-state index contributed by atoms with van der Waals surface area (Å²) in [6.07, 6.45) is -0.169. The predicted octanol–water partition coefficient (Wildman–Crippen LogP) is 3.30. The van der Waals surface area contributed by atoms with Crippen LogP contribution in [-0.4, -0.2) is 24.3 Å². The summed E-state index contributed by atoms with van der Waals surface area (Å²) in [6.45, 7) is 2.34. The highest BCUT2D eigenvalue weighted by atomic mass is 19.1. The average molecular weight is 375 g/mol. The molecule has 8 heteroatoms. The second kappa shape index (κ2) is 8.88. The van der Waals surface area contributed by atoms with Crippen molar-refractivity contribution in [3.8, 4) is 0 Å². The Bertz CT molecular complexity index is 851. The van der Waals surface area contributed by atoms with Crippen molar-refractivity contribution in [2.45, 2.75) is 20.3 Å². The van der Waals surface area contributed by atoms with E-state index in [1.54, 1.807) is 24.3 Å². The molecule has 0 unspecified atom stereocenters. The minimum Gasteiger partial charge on any atom is -0.326 e. The van der Waals surface area contributed by atoms with Gasteiger partial charge in [-0.15, -0.1) is 0 Å². The highest BCUT2D eigenvalue weighted by Crippen LogP contribution is 2.24. The van der Waals surface area contributed by atoms with Gasteiger partial charge in [-0.3, -0.25) is 14.4 Å². The molecule has 0 saturated heterocycles. The Balaban J connectivity index is 2.05. The summed E-state index contributed by atoms with van der Waals surface area (Å²) < 4.78 is 27.8. The van der Waals surface area contributed by atoms with Crippen LogP contribution in [0.25, 0.3) is 0 Å². The fraction of sp³-hybridized carbons (Fsp3) is 0.211. The standard InChI is InChI=1S/C19H19F2N3O3/c1-12(25)22-14-5-3-6-15(11-14)23-18(27)9-10-24(13(2)26)19-16(20)7-4-8-17(19)21/h3-8,11H,9-10H2,1-2H3,(H,22,25)(H,23,27). The van der Waals surface area contributed by atoms with Crippen LogP contribution in [0.3, 0.4) is 0 Å². The number of amides is 3. The van der Waals surface area contributed by atoms with Crippen molar-refractivity contribution in [2.75, 3.05) is 22.1 Å². The van der Waals surface area contributed by atoms with E-state index in [9.17, 15) is 23.2 Å². The van der Waals surface area contributed by atoms with Crippen molar-refractivity contribution in [3.63, 3.8) is 0 Å². The van der Waals surface area contributed by atoms with Gasteiger partial charge in [-0.25, -0.2) is 8.78 Å². The number of halogens is 2. The van der Waals surface area contributed by atoms with Gasteiger partial charge in [-0.1, -0.05) is 12.1 Å². The van der Waals surface area contributed by atoms with Crippen molar-refractivity contribution in [1.29, 1.82) is 0 Å². The van der Waals surface area contributed by atoms with Gasteiger partial charge < -0.3 is 15.5 Å². The van der Waals surface area contributed by atoms with Gasteiger partial charge in [0.05, 0.1) is 0 Å². The molecule has 0 aliphatic carbocycles. The molecule has 27 heavy (non-hydrogen) atoms. The molecular weight excluding hydrogens is 356 g/mol. The lowest BCUT2D eigenvalue weighted by molar-refractivity contribution is -0.117. The first-order chi connectivity index (χ1) is 12.8. The summed E-state index contributed by atoms with van der Waals surface area (Å²) in [4.78, 5) is 35.9. The molecule has 0 spiro atoms. The smallest absolute Gasteiger partial charge is 0.226 e. The first-order valence-corrected chi connectivity index (χ1v) is 8.17. The van der Waals surface area contributed by atoms with Crippen molar-refractivity contribution in [3.05, 3.63) is 54.1 Å². The Kier molecular flexibility index (Phi) is 6.59. The summed E-state index contributed by atoms with van der Waals surface area (Å²) in [5, 5.41) is 5.21. The first kappa shape index (κ1) is 20.0.